The molecule has 33 heavy (non-hydrogen) atoms. The molecular weight excluding hydrogens is 438 g/mol. The van der Waals surface area contributed by atoms with Gasteiger partial charge in [0, 0.05) is 23.9 Å². The van der Waals surface area contributed by atoms with E-state index in [1.807, 2.05) is 42.7 Å². The Kier molecular flexibility index (Phi) is 9.09. The summed E-state index contributed by atoms with van der Waals surface area (Å²) < 4.78 is 17.8. The molecule has 0 saturated heterocycles. The van der Waals surface area contributed by atoms with Crippen LogP contribution in [0.5, 0.6) is 11.5 Å². The zero-order valence-corrected chi connectivity index (χ0v) is 20.7. The van der Waals surface area contributed by atoms with E-state index in [4.69, 9.17) is 19.0 Å². The summed E-state index contributed by atoms with van der Waals surface area (Å²) >= 11 is 1.61. The molecule has 0 aliphatic heterocycles. The lowest BCUT2D eigenvalue weighted by atomic mass is 10.1. The summed E-state index contributed by atoms with van der Waals surface area (Å²) in [6.07, 6.45) is 3.57. The minimum atomic E-state index is -0.796. The smallest absolute Gasteiger partial charge is 0.303 e. The second-order valence-corrected chi connectivity index (χ2v) is 8.60. The lowest BCUT2D eigenvalue weighted by Crippen LogP contribution is -2.25. The fourth-order valence-corrected chi connectivity index (χ4v) is 4.58. The van der Waals surface area contributed by atoms with Crippen molar-refractivity contribution in [3.05, 3.63) is 42.0 Å². The summed E-state index contributed by atoms with van der Waals surface area (Å²) in [6, 6.07) is 11.7. The fourth-order valence-electron chi connectivity index (χ4n) is 3.86. The Labute approximate surface area is 199 Å². The highest BCUT2D eigenvalue weighted by Crippen LogP contribution is 2.42. The number of benzene rings is 2. The van der Waals surface area contributed by atoms with E-state index >= 15 is 0 Å². The highest BCUT2D eigenvalue weighted by atomic mass is 32.2. The monoisotopic (exact) mass is 471 g/mol. The number of furan rings is 1. The van der Waals surface area contributed by atoms with Crippen molar-refractivity contribution < 1.29 is 23.8 Å². The molecule has 2 aromatic carbocycles. The van der Waals surface area contributed by atoms with Gasteiger partial charge < -0.3 is 23.9 Å². The number of carboxylic acids is 1. The normalized spacial score (nSPS) is 11.3. The maximum Gasteiger partial charge on any atom is 0.303 e. The zero-order chi connectivity index (χ0) is 23.8. The van der Waals surface area contributed by atoms with Crippen LogP contribution in [0.3, 0.4) is 0 Å². The highest BCUT2D eigenvalue weighted by molar-refractivity contribution is 7.99. The number of hydrogen-bond donors (Lipinski definition) is 1. The number of methoxy groups -OCH3 is 1. The summed E-state index contributed by atoms with van der Waals surface area (Å²) in [6.45, 7) is 8.08. The van der Waals surface area contributed by atoms with Gasteiger partial charge >= 0.3 is 5.97 Å². The number of rotatable bonds is 13. The largest absolute Gasteiger partial charge is 0.493 e. The van der Waals surface area contributed by atoms with Crippen molar-refractivity contribution in [2.75, 3.05) is 39.6 Å². The average Bonchev–Trinajstić information content (AvgIpc) is 3.20. The van der Waals surface area contributed by atoms with E-state index in [-0.39, 0.29) is 6.42 Å². The van der Waals surface area contributed by atoms with Crippen LogP contribution >= 0.6 is 11.8 Å². The molecule has 0 saturated carbocycles. The molecule has 0 atom stereocenters. The number of thioether (sulfide) groups is 1. The first-order chi connectivity index (χ1) is 16.0. The number of hydrogen-bond acceptors (Lipinski definition) is 6. The molecule has 1 N–H and O–H groups in total. The third-order valence-corrected chi connectivity index (χ3v) is 6.55. The van der Waals surface area contributed by atoms with Crippen molar-refractivity contribution in [2.24, 2.45) is 0 Å². The van der Waals surface area contributed by atoms with Crippen LogP contribution in [-0.4, -0.2) is 55.6 Å². The minimum Gasteiger partial charge on any atom is -0.493 e. The second-order valence-electron chi connectivity index (χ2n) is 7.78. The van der Waals surface area contributed by atoms with Crippen molar-refractivity contribution in [2.45, 2.75) is 38.0 Å². The number of carboxylic acid groups (broad SMARTS) is 1. The Morgan fingerprint density at radius 3 is 2.58 bits per heavy atom. The predicted molar refractivity (Wildman–Crippen MR) is 134 cm³/mol. The first-order valence-electron chi connectivity index (χ1n) is 11.3. The number of fused-ring (bicyclic) bond motifs is 1. The van der Waals surface area contributed by atoms with Crippen LogP contribution in [0.4, 0.5) is 0 Å². The van der Waals surface area contributed by atoms with Gasteiger partial charge in [0.05, 0.1) is 18.6 Å². The molecular formula is C26H33NO5S. The average molecular weight is 472 g/mol. The van der Waals surface area contributed by atoms with Gasteiger partial charge in [-0.2, -0.15) is 0 Å². The predicted octanol–water partition coefficient (Wildman–Crippen LogP) is 5.96. The number of aliphatic carboxylic acids is 1. The van der Waals surface area contributed by atoms with Gasteiger partial charge in [-0.15, -0.1) is 11.8 Å². The molecule has 0 fully saturated rings. The highest BCUT2D eigenvalue weighted by Gasteiger charge is 2.18. The van der Waals surface area contributed by atoms with Gasteiger partial charge in [-0.05, 0) is 68.1 Å². The maximum absolute atomic E-state index is 10.9. The van der Waals surface area contributed by atoms with E-state index in [1.165, 1.54) is 0 Å². The molecule has 0 aliphatic rings. The van der Waals surface area contributed by atoms with Gasteiger partial charge in [-0.3, -0.25) is 4.79 Å². The molecule has 0 unspecified atom stereocenters. The van der Waals surface area contributed by atoms with Crippen molar-refractivity contribution in [1.29, 1.82) is 0 Å². The zero-order valence-electron chi connectivity index (χ0n) is 19.8. The first kappa shape index (κ1) is 25.0. The Morgan fingerprint density at radius 1 is 1.12 bits per heavy atom. The molecule has 3 rings (SSSR count). The molecule has 7 heteroatoms. The molecule has 6 nitrogen and oxygen atoms in total. The molecule has 0 amide bonds. The topological polar surface area (TPSA) is 72.1 Å². The van der Waals surface area contributed by atoms with Crippen LogP contribution in [0.1, 0.15) is 32.3 Å². The van der Waals surface area contributed by atoms with Crippen LogP contribution in [0.2, 0.25) is 0 Å². The molecule has 0 spiro atoms. The van der Waals surface area contributed by atoms with Gasteiger partial charge in [-0.1, -0.05) is 19.9 Å². The lowest BCUT2D eigenvalue weighted by Gasteiger charge is -2.18. The molecule has 3 aromatic rings. The number of nitrogens with zero attached hydrogens (tertiary/aromatic N) is 1. The molecule has 178 valence electrons. The van der Waals surface area contributed by atoms with E-state index in [2.05, 4.69) is 18.7 Å². The van der Waals surface area contributed by atoms with E-state index in [0.29, 0.717) is 18.8 Å². The molecule has 1 heterocycles. The SMILES string of the molecule is CCN(CC)CCCOc1ccc(-c2oc3ccc(CCC(=O)O)cc3c2SC)cc1OC. The van der Waals surface area contributed by atoms with E-state index in [0.717, 1.165) is 64.6 Å². The standard InChI is InChI=1S/C26H33NO5S/c1-5-27(6-2)14-7-15-31-22-12-10-19(17-23(22)30-3)25-26(33-4)20-16-18(9-13-24(28)29)8-11-21(20)32-25/h8,10-12,16-17H,5-7,9,13-15H2,1-4H3,(H,28,29). The Bertz CT molecular complexity index is 1070. The van der Waals surface area contributed by atoms with E-state index in [1.54, 1.807) is 18.9 Å². The lowest BCUT2D eigenvalue weighted by molar-refractivity contribution is -0.136. The molecule has 1 aromatic heterocycles. The third-order valence-electron chi connectivity index (χ3n) is 5.73. The van der Waals surface area contributed by atoms with Crippen LogP contribution in [0, 0.1) is 0 Å². The maximum atomic E-state index is 10.9. The Balaban J connectivity index is 1.81. The van der Waals surface area contributed by atoms with E-state index < -0.39 is 5.97 Å². The quantitative estimate of drug-likeness (QED) is 0.244. The summed E-state index contributed by atoms with van der Waals surface area (Å²) in [5, 5.41) is 9.98. The molecule has 0 radical (unpaired) electrons. The Hall–Kier alpha value is -2.64. The summed E-state index contributed by atoms with van der Waals surface area (Å²) in [4.78, 5) is 14.3. The van der Waals surface area contributed by atoms with Gasteiger partial charge in [0.1, 0.15) is 11.3 Å². The van der Waals surface area contributed by atoms with E-state index in [9.17, 15) is 4.79 Å². The Morgan fingerprint density at radius 2 is 1.91 bits per heavy atom. The van der Waals surface area contributed by atoms with Crippen molar-refractivity contribution in [3.63, 3.8) is 0 Å². The van der Waals surface area contributed by atoms with Gasteiger partial charge in [-0.25, -0.2) is 0 Å². The van der Waals surface area contributed by atoms with Gasteiger partial charge in [0.2, 0.25) is 0 Å². The number of carbonyl (C=O) groups is 1. The minimum absolute atomic E-state index is 0.110. The van der Waals surface area contributed by atoms with Crippen molar-refractivity contribution in [1.82, 2.24) is 4.90 Å². The van der Waals surface area contributed by atoms with Gasteiger partial charge in [0.15, 0.2) is 11.5 Å². The number of aryl methyl sites for hydroxylation is 1. The van der Waals surface area contributed by atoms with Crippen molar-refractivity contribution >= 4 is 28.7 Å². The summed E-state index contributed by atoms with van der Waals surface area (Å²) in [5.41, 5.74) is 2.68. The van der Waals surface area contributed by atoms with Crippen molar-refractivity contribution in [3.8, 4) is 22.8 Å². The first-order valence-corrected chi connectivity index (χ1v) is 12.6. The van der Waals surface area contributed by atoms with Crippen LogP contribution in [0.15, 0.2) is 45.7 Å². The molecule has 0 aliphatic carbocycles. The molecule has 0 bridgehead atoms. The number of ether oxygens (including phenoxy) is 2. The second kappa shape index (κ2) is 12.0. The third kappa shape index (κ3) is 6.24. The van der Waals surface area contributed by atoms with Gasteiger partial charge in [0.25, 0.3) is 0 Å². The van der Waals surface area contributed by atoms with Crippen LogP contribution < -0.4 is 9.47 Å². The van der Waals surface area contributed by atoms with Crippen LogP contribution in [-0.2, 0) is 11.2 Å². The fraction of sp³-hybridized carbons (Fsp3) is 0.423. The summed E-state index contributed by atoms with van der Waals surface area (Å²) in [5.74, 6) is 1.37. The summed E-state index contributed by atoms with van der Waals surface area (Å²) in [7, 11) is 1.64. The van der Waals surface area contributed by atoms with Crippen LogP contribution in [0.25, 0.3) is 22.3 Å².